The van der Waals surface area contributed by atoms with Gasteiger partial charge < -0.3 is 19.4 Å². The summed E-state index contributed by atoms with van der Waals surface area (Å²) in [7, 11) is 0. The van der Waals surface area contributed by atoms with Gasteiger partial charge in [0.1, 0.15) is 0 Å². The molecular formula is C40H62N2Pd. The van der Waals surface area contributed by atoms with Crippen LogP contribution in [0.1, 0.15) is 154 Å². The third-order valence-electron chi connectivity index (χ3n) is 7.53. The molecule has 242 valence electrons. The molecule has 0 atom stereocenters. The van der Waals surface area contributed by atoms with Gasteiger partial charge >= 0.3 is 26.3 Å². The third kappa shape index (κ3) is 17.8. The van der Waals surface area contributed by atoms with E-state index < -0.39 is 0 Å². The second kappa shape index (κ2) is 30.0. The number of hydrogen-bond donors (Lipinski definition) is 0. The fraction of sp³-hybridized carbons (Fsp3) is 0.550. The number of aryl methyl sites for hydroxylation is 2. The molecule has 0 saturated heterocycles. The molecule has 0 radical (unpaired) electrons. The van der Waals surface area contributed by atoms with E-state index in [1.54, 1.807) is 13.8 Å². The van der Waals surface area contributed by atoms with E-state index in [-0.39, 0.29) is 20.4 Å². The van der Waals surface area contributed by atoms with Gasteiger partial charge in [-0.15, -0.1) is 4.79 Å². The van der Waals surface area contributed by atoms with E-state index in [0.717, 1.165) is 56.9 Å². The molecule has 0 heterocycles. The maximum atomic E-state index is 9.51. The Bertz CT molecular complexity index is 1040. The number of benzene rings is 2. The van der Waals surface area contributed by atoms with Gasteiger partial charge in [0.25, 0.3) is 0 Å². The molecule has 0 N–H and O–H groups in total. The Balaban J connectivity index is 0. The number of nitrogens with zero attached hydrogens (tertiary/aromatic N) is 2. The average Bonchev–Trinajstić information content (AvgIpc) is 3.05. The molecule has 0 aromatic heterocycles. The van der Waals surface area contributed by atoms with Crippen molar-refractivity contribution in [3.8, 4) is 0 Å². The van der Waals surface area contributed by atoms with Gasteiger partial charge in [0.05, 0.1) is 5.57 Å². The van der Waals surface area contributed by atoms with Crippen LogP contribution in [0.2, 0.25) is 0 Å². The van der Waals surface area contributed by atoms with Crippen LogP contribution >= 0.6 is 0 Å². The number of allylic oxidation sites excluding steroid dienone is 2. The summed E-state index contributed by atoms with van der Waals surface area (Å²) >= 11 is 0. The maximum absolute atomic E-state index is 9.51. The topological polar surface area (TPSA) is 36.4 Å². The molecule has 0 spiro atoms. The Hall–Kier alpha value is -2.00. The predicted molar refractivity (Wildman–Crippen MR) is 188 cm³/mol. The predicted octanol–water partition coefficient (Wildman–Crippen LogP) is 12.6. The Labute approximate surface area is 281 Å². The molecule has 2 aromatic carbocycles. The SMILES string of the molecule is CCCCCCCCc1ccc(C(=C(CCCC)C(=C=[N+]=[N-])CCCC)c2ccc(CCCC)cc2)cc1.[CH2-]C.[CH2-]C.[Pd+2]. The molecule has 0 aliphatic rings. The van der Waals surface area contributed by atoms with Gasteiger partial charge in [-0.05, 0) is 84.8 Å². The van der Waals surface area contributed by atoms with Crippen LogP contribution in [0.15, 0.2) is 59.7 Å². The van der Waals surface area contributed by atoms with E-state index >= 15 is 0 Å². The number of unbranched alkanes of at least 4 members (excludes halogenated alkanes) is 8. The number of hydrogen-bond acceptors (Lipinski definition) is 0. The Morgan fingerprint density at radius 3 is 1.47 bits per heavy atom. The molecule has 0 aliphatic carbocycles. The van der Waals surface area contributed by atoms with E-state index in [2.05, 4.69) is 101 Å². The van der Waals surface area contributed by atoms with Gasteiger partial charge in [-0.2, -0.15) is 13.8 Å². The zero-order valence-corrected chi connectivity index (χ0v) is 30.1. The van der Waals surface area contributed by atoms with Crippen molar-refractivity contribution >= 4 is 11.4 Å². The van der Waals surface area contributed by atoms with Crippen molar-refractivity contribution in [1.82, 2.24) is 0 Å². The molecule has 2 nitrogen and oxygen atoms in total. The van der Waals surface area contributed by atoms with E-state index in [1.165, 1.54) is 84.8 Å². The summed E-state index contributed by atoms with van der Waals surface area (Å²) in [6.45, 7) is 19.0. The van der Waals surface area contributed by atoms with Crippen LogP contribution in [0.25, 0.3) is 11.1 Å². The minimum Gasteiger partial charge on any atom is -0.348 e. The van der Waals surface area contributed by atoms with Crippen molar-refractivity contribution in [3.05, 3.63) is 101 Å². The van der Waals surface area contributed by atoms with Gasteiger partial charge in [-0.25, -0.2) is 0 Å². The average molecular weight is 677 g/mol. The molecular weight excluding hydrogens is 615 g/mol. The normalized spacial score (nSPS) is 10.5. The van der Waals surface area contributed by atoms with Crippen LogP contribution in [0, 0.1) is 13.8 Å². The summed E-state index contributed by atoms with van der Waals surface area (Å²) < 4.78 is 0. The summed E-state index contributed by atoms with van der Waals surface area (Å²) in [5, 5.41) is 0. The zero-order chi connectivity index (χ0) is 31.4. The van der Waals surface area contributed by atoms with Crippen molar-refractivity contribution < 1.29 is 25.2 Å². The fourth-order valence-electron chi connectivity index (χ4n) is 5.15. The molecule has 3 heteroatoms. The van der Waals surface area contributed by atoms with Gasteiger partial charge in [0, 0.05) is 0 Å². The minimum absolute atomic E-state index is 0. The summed E-state index contributed by atoms with van der Waals surface area (Å²) in [5.74, 6) is 2.99. The molecule has 0 saturated carbocycles. The summed E-state index contributed by atoms with van der Waals surface area (Å²) in [6, 6.07) is 18.5. The van der Waals surface area contributed by atoms with Crippen LogP contribution in [0.4, 0.5) is 0 Å². The Morgan fingerprint density at radius 2 is 1.00 bits per heavy atom. The van der Waals surface area contributed by atoms with Crippen LogP contribution in [0.5, 0.6) is 0 Å². The molecule has 0 aliphatic heterocycles. The van der Waals surface area contributed by atoms with E-state index in [1.807, 2.05) is 0 Å². The molecule has 2 aromatic rings. The largest absolute Gasteiger partial charge is 2.00 e. The number of rotatable bonds is 19. The van der Waals surface area contributed by atoms with Crippen molar-refractivity contribution in [2.24, 2.45) is 0 Å². The minimum atomic E-state index is 0. The summed E-state index contributed by atoms with van der Waals surface area (Å²) in [5.41, 5.74) is 18.4. The first-order chi connectivity index (χ1) is 20.7. The third-order valence-corrected chi connectivity index (χ3v) is 7.53. The zero-order valence-electron chi connectivity index (χ0n) is 28.6. The maximum Gasteiger partial charge on any atom is 2.00 e. The first kappa shape index (κ1) is 43.1. The van der Waals surface area contributed by atoms with Gasteiger partial charge in [-0.1, -0.05) is 128 Å². The monoisotopic (exact) mass is 676 g/mol. The van der Waals surface area contributed by atoms with Crippen LogP contribution < -0.4 is 0 Å². The van der Waals surface area contributed by atoms with Crippen molar-refractivity contribution in [1.29, 1.82) is 0 Å². The standard InChI is InChI=1S/C36H52N2.2C2H5.Pd/c1-5-9-13-14-15-16-18-31-23-27-33(28-24-31)36(32-25-21-30(22-26-32)17-10-6-2)35(20-12-8-4)34(29-38-37)19-11-7-3;2*1-2;/h21-28H,5-20H2,1-4H3;2*1H2,2H3;/q;2*-1;+2. The van der Waals surface area contributed by atoms with Crippen molar-refractivity contribution in [2.45, 2.75) is 144 Å². The molecule has 0 fully saturated rings. The van der Waals surface area contributed by atoms with Crippen LogP contribution in [-0.2, 0) is 33.3 Å². The molecule has 0 unspecified atom stereocenters. The summed E-state index contributed by atoms with van der Waals surface area (Å²) in [4.78, 5) is 3.39. The van der Waals surface area contributed by atoms with E-state index in [9.17, 15) is 5.53 Å². The quantitative estimate of drug-likeness (QED) is 0.0270. The second-order valence-electron chi connectivity index (χ2n) is 10.8. The molecule has 43 heavy (non-hydrogen) atoms. The van der Waals surface area contributed by atoms with Crippen LogP contribution in [0.3, 0.4) is 0 Å². The smallest absolute Gasteiger partial charge is 0.348 e. The van der Waals surface area contributed by atoms with Gasteiger partial charge in [0.15, 0.2) is 0 Å². The fourth-order valence-corrected chi connectivity index (χ4v) is 5.15. The Morgan fingerprint density at radius 1 is 0.581 bits per heavy atom. The van der Waals surface area contributed by atoms with E-state index in [0.29, 0.717) is 0 Å². The first-order valence-electron chi connectivity index (χ1n) is 17.0. The first-order valence-corrected chi connectivity index (χ1v) is 17.0. The second-order valence-corrected chi connectivity index (χ2v) is 10.8. The van der Waals surface area contributed by atoms with Crippen molar-refractivity contribution in [2.75, 3.05) is 0 Å². The molecule has 0 bridgehead atoms. The summed E-state index contributed by atoms with van der Waals surface area (Å²) in [6.07, 6.45) is 18.9. The molecule has 2 rings (SSSR count). The van der Waals surface area contributed by atoms with E-state index in [4.69, 9.17) is 0 Å². The van der Waals surface area contributed by atoms with Crippen LogP contribution in [-0.4, -0.2) is 10.7 Å². The van der Waals surface area contributed by atoms with Crippen molar-refractivity contribution in [3.63, 3.8) is 0 Å². The molecule has 0 amide bonds. The van der Waals surface area contributed by atoms with Gasteiger partial charge in [-0.3, -0.25) is 0 Å². The Kier molecular flexibility index (Phi) is 30.1. The van der Waals surface area contributed by atoms with Gasteiger partial charge in [0.2, 0.25) is 0 Å².